The minimum atomic E-state index is -0.0741. The minimum absolute atomic E-state index is 0.0741. The summed E-state index contributed by atoms with van der Waals surface area (Å²) in [6, 6.07) is 12.0. The second-order valence-electron chi connectivity index (χ2n) is 6.32. The van der Waals surface area contributed by atoms with Crippen molar-refractivity contribution in [1.82, 2.24) is 5.32 Å². The van der Waals surface area contributed by atoms with Gasteiger partial charge in [-0.25, -0.2) is 0 Å². The van der Waals surface area contributed by atoms with Crippen LogP contribution in [0.3, 0.4) is 0 Å². The fraction of sp³-hybridized carbons (Fsp3) is 0.368. The molecule has 0 radical (unpaired) electrons. The van der Waals surface area contributed by atoms with Gasteiger partial charge in [0.05, 0.1) is 0 Å². The Bertz CT molecular complexity index is 736. The first-order chi connectivity index (χ1) is 11.5. The van der Waals surface area contributed by atoms with Gasteiger partial charge in [0.1, 0.15) is 0 Å². The topological polar surface area (TPSA) is 58.2 Å². The molecular formula is C19H22N2O2S. The van der Waals surface area contributed by atoms with E-state index in [0.29, 0.717) is 12.5 Å². The van der Waals surface area contributed by atoms with Gasteiger partial charge in [0.2, 0.25) is 11.8 Å². The number of thiophene rings is 1. The van der Waals surface area contributed by atoms with Crippen LogP contribution in [0.1, 0.15) is 34.6 Å². The molecule has 24 heavy (non-hydrogen) atoms. The molecule has 4 nitrogen and oxygen atoms in total. The predicted octanol–water partition coefficient (Wildman–Crippen LogP) is 3.48. The number of aryl methyl sites for hydroxylation is 1. The molecule has 0 bridgehead atoms. The third-order valence-corrected chi connectivity index (χ3v) is 5.37. The van der Waals surface area contributed by atoms with Crippen LogP contribution in [-0.4, -0.2) is 18.4 Å². The van der Waals surface area contributed by atoms with Crippen LogP contribution in [0.25, 0.3) is 0 Å². The van der Waals surface area contributed by atoms with Crippen molar-refractivity contribution in [2.45, 2.75) is 32.6 Å². The number of nitrogens with one attached hydrogen (secondary N) is 2. The summed E-state index contributed by atoms with van der Waals surface area (Å²) in [6.07, 6.45) is 1.76. The lowest BCUT2D eigenvalue weighted by molar-refractivity contribution is -0.122. The standard InChI is InChI=1S/C19H22N2O2S/c1-12-3-8-18(24-12)16-11-17(16)19(23)20-10-9-14-4-6-15(7-5-14)21-13(2)22/h3-8,16-17H,9-11H2,1-2H3,(H,20,23)(H,21,22). The summed E-state index contributed by atoms with van der Waals surface area (Å²) in [5.41, 5.74) is 1.94. The van der Waals surface area contributed by atoms with Crippen LogP contribution in [0.4, 0.5) is 5.69 Å². The normalized spacial score (nSPS) is 18.9. The number of carbonyl (C=O) groups excluding carboxylic acids is 2. The van der Waals surface area contributed by atoms with Gasteiger partial charge in [-0.05, 0) is 49.6 Å². The Morgan fingerprint density at radius 1 is 1.17 bits per heavy atom. The van der Waals surface area contributed by atoms with Gasteiger partial charge in [-0.1, -0.05) is 12.1 Å². The van der Waals surface area contributed by atoms with E-state index in [4.69, 9.17) is 0 Å². The molecule has 1 aliphatic rings. The Hall–Kier alpha value is -2.14. The number of rotatable bonds is 6. The van der Waals surface area contributed by atoms with Crippen LogP contribution >= 0.6 is 11.3 Å². The third-order valence-electron chi connectivity index (χ3n) is 4.24. The fourth-order valence-electron chi connectivity index (χ4n) is 2.87. The molecule has 1 fully saturated rings. The number of amides is 2. The molecule has 3 rings (SSSR count). The van der Waals surface area contributed by atoms with E-state index in [-0.39, 0.29) is 17.7 Å². The first-order valence-electron chi connectivity index (χ1n) is 8.23. The number of hydrogen-bond acceptors (Lipinski definition) is 3. The number of carbonyl (C=O) groups is 2. The van der Waals surface area contributed by atoms with Crippen LogP contribution in [0.5, 0.6) is 0 Å². The highest BCUT2D eigenvalue weighted by molar-refractivity contribution is 7.12. The summed E-state index contributed by atoms with van der Waals surface area (Å²) < 4.78 is 0. The maximum atomic E-state index is 12.2. The monoisotopic (exact) mass is 342 g/mol. The van der Waals surface area contributed by atoms with Gasteiger partial charge in [-0.3, -0.25) is 9.59 Å². The maximum Gasteiger partial charge on any atom is 0.223 e. The average molecular weight is 342 g/mol. The van der Waals surface area contributed by atoms with Gasteiger partial charge >= 0.3 is 0 Å². The van der Waals surface area contributed by atoms with Crippen molar-refractivity contribution in [1.29, 1.82) is 0 Å². The second kappa shape index (κ2) is 7.18. The van der Waals surface area contributed by atoms with E-state index in [1.807, 2.05) is 24.3 Å². The summed E-state index contributed by atoms with van der Waals surface area (Å²) in [7, 11) is 0. The van der Waals surface area contributed by atoms with Crippen molar-refractivity contribution in [2.75, 3.05) is 11.9 Å². The van der Waals surface area contributed by atoms with Gasteiger partial charge in [-0.15, -0.1) is 11.3 Å². The van der Waals surface area contributed by atoms with Gasteiger partial charge < -0.3 is 10.6 Å². The predicted molar refractivity (Wildman–Crippen MR) is 97.4 cm³/mol. The largest absolute Gasteiger partial charge is 0.356 e. The molecule has 0 spiro atoms. The summed E-state index contributed by atoms with van der Waals surface area (Å²) in [5, 5.41) is 5.79. The van der Waals surface area contributed by atoms with Crippen LogP contribution < -0.4 is 10.6 Å². The van der Waals surface area contributed by atoms with Gasteiger partial charge in [0, 0.05) is 40.7 Å². The fourth-order valence-corrected chi connectivity index (χ4v) is 3.93. The van der Waals surface area contributed by atoms with Crippen molar-refractivity contribution >= 4 is 28.8 Å². The van der Waals surface area contributed by atoms with Gasteiger partial charge in [0.15, 0.2) is 0 Å². The van der Waals surface area contributed by atoms with E-state index in [9.17, 15) is 9.59 Å². The Morgan fingerprint density at radius 3 is 2.54 bits per heavy atom. The molecule has 1 aromatic carbocycles. The zero-order valence-electron chi connectivity index (χ0n) is 14.0. The van der Waals surface area contributed by atoms with Crippen LogP contribution in [-0.2, 0) is 16.0 Å². The Labute approximate surface area is 146 Å². The third kappa shape index (κ3) is 4.23. The first kappa shape index (κ1) is 16.7. The summed E-state index contributed by atoms with van der Waals surface area (Å²) in [5.74, 6) is 0.654. The van der Waals surface area contributed by atoms with Crippen LogP contribution in [0, 0.1) is 12.8 Å². The van der Waals surface area contributed by atoms with E-state index in [1.165, 1.54) is 16.7 Å². The lowest BCUT2D eigenvalue weighted by Gasteiger charge is -2.06. The van der Waals surface area contributed by atoms with E-state index in [1.54, 1.807) is 11.3 Å². The zero-order chi connectivity index (χ0) is 17.1. The Balaban J connectivity index is 1.42. The number of hydrogen-bond donors (Lipinski definition) is 2. The molecule has 1 aliphatic carbocycles. The molecule has 2 atom stereocenters. The summed E-state index contributed by atoms with van der Waals surface area (Å²) in [4.78, 5) is 25.8. The van der Waals surface area contributed by atoms with E-state index in [0.717, 1.165) is 24.1 Å². The Morgan fingerprint density at radius 2 is 1.92 bits per heavy atom. The lowest BCUT2D eigenvalue weighted by atomic mass is 10.1. The molecule has 0 aliphatic heterocycles. The highest BCUT2D eigenvalue weighted by Crippen LogP contribution is 2.49. The SMILES string of the molecule is CC(=O)Nc1ccc(CCNC(=O)C2CC2c2ccc(C)s2)cc1. The van der Waals surface area contributed by atoms with E-state index >= 15 is 0 Å². The molecule has 2 amide bonds. The average Bonchev–Trinajstić information content (AvgIpc) is 3.23. The molecule has 1 aromatic heterocycles. The molecule has 2 unspecified atom stereocenters. The lowest BCUT2D eigenvalue weighted by Crippen LogP contribution is -2.27. The molecular weight excluding hydrogens is 320 g/mol. The van der Waals surface area contributed by atoms with Gasteiger partial charge in [0.25, 0.3) is 0 Å². The molecule has 1 heterocycles. The smallest absolute Gasteiger partial charge is 0.223 e. The quantitative estimate of drug-likeness (QED) is 0.844. The summed E-state index contributed by atoms with van der Waals surface area (Å²) in [6.45, 7) is 4.24. The van der Waals surface area contributed by atoms with Gasteiger partial charge in [-0.2, -0.15) is 0 Å². The highest BCUT2D eigenvalue weighted by atomic mass is 32.1. The first-order valence-corrected chi connectivity index (χ1v) is 9.05. The van der Waals surface area contributed by atoms with E-state index in [2.05, 4.69) is 29.7 Å². The molecule has 1 saturated carbocycles. The molecule has 126 valence electrons. The number of benzene rings is 1. The summed E-state index contributed by atoms with van der Waals surface area (Å²) >= 11 is 1.80. The Kier molecular flexibility index (Phi) is 5.00. The second-order valence-corrected chi connectivity index (χ2v) is 7.64. The van der Waals surface area contributed by atoms with Crippen molar-refractivity contribution < 1.29 is 9.59 Å². The van der Waals surface area contributed by atoms with Crippen LogP contribution in [0.15, 0.2) is 36.4 Å². The molecule has 2 N–H and O–H groups in total. The van der Waals surface area contributed by atoms with Crippen molar-refractivity contribution in [3.05, 3.63) is 51.7 Å². The van der Waals surface area contributed by atoms with Crippen molar-refractivity contribution in [2.24, 2.45) is 5.92 Å². The van der Waals surface area contributed by atoms with Crippen molar-refractivity contribution in [3.8, 4) is 0 Å². The van der Waals surface area contributed by atoms with Crippen LogP contribution in [0.2, 0.25) is 0 Å². The molecule has 2 aromatic rings. The minimum Gasteiger partial charge on any atom is -0.356 e. The van der Waals surface area contributed by atoms with Crippen molar-refractivity contribution in [3.63, 3.8) is 0 Å². The molecule has 5 heteroatoms. The number of anilines is 1. The van der Waals surface area contributed by atoms with E-state index < -0.39 is 0 Å². The zero-order valence-corrected chi connectivity index (χ0v) is 14.8. The highest BCUT2D eigenvalue weighted by Gasteiger charge is 2.44. The molecule has 0 saturated heterocycles. The maximum absolute atomic E-state index is 12.2.